The number of rotatable bonds is 3. The molecule has 3 aromatic rings. The summed E-state index contributed by atoms with van der Waals surface area (Å²) in [6.45, 7) is 0. The number of hydrogen-bond donors (Lipinski definition) is 1. The zero-order valence-corrected chi connectivity index (χ0v) is 18.3. The van der Waals surface area contributed by atoms with E-state index in [-0.39, 0.29) is 11.8 Å². The number of carbonyl (C=O) groups excluding carboxylic acids is 2. The summed E-state index contributed by atoms with van der Waals surface area (Å²) in [7, 11) is 3.92. The standard InChI is InChI=1S/C25H20FN3O2S/c1-28(2)18-11-8-16(9-12-18)14-22-23(30)29(19-6-4-3-5-7-19)25(32-22)20-15-17(26)10-13-21(20)27-24(25)31/h3-15H,1-2H3,(H,27,31)/b22-14+. The first-order valence-electron chi connectivity index (χ1n) is 10.1. The number of halogens is 1. The van der Waals surface area contributed by atoms with Crippen LogP contribution < -0.4 is 15.1 Å². The minimum atomic E-state index is -1.41. The molecule has 1 saturated heterocycles. The smallest absolute Gasteiger partial charge is 0.266 e. The van der Waals surface area contributed by atoms with E-state index in [0.29, 0.717) is 21.8 Å². The van der Waals surface area contributed by atoms with Gasteiger partial charge in [0.25, 0.3) is 11.8 Å². The number of carbonyl (C=O) groups is 2. The Bertz CT molecular complexity index is 1260. The number of benzene rings is 3. The Balaban J connectivity index is 1.66. The number of nitrogens with zero attached hydrogens (tertiary/aromatic N) is 2. The molecule has 1 atom stereocenters. The van der Waals surface area contributed by atoms with E-state index in [1.54, 1.807) is 18.2 Å². The van der Waals surface area contributed by atoms with Crippen LogP contribution in [-0.4, -0.2) is 25.9 Å². The first-order valence-corrected chi connectivity index (χ1v) is 10.9. The minimum Gasteiger partial charge on any atom is -0.378 e. The number of fused-ring (bicyclic) bond motifs is 2. The highest BCUT2D eigenvalue weighted by molar-refractivity contribution is 8.06. The molecule has 2 heterocycles. The van der Waals surface area contributed by atoms with Crippen molar-refractivity contribution < 1.29 is 14.0 Å². The molecule has 160 valence electrons. The lowest BCUT2D eigenvalue weighted by molar-refractivity contribution is -0.121. The van der Waals surface area contributed by atoms with Gasteiger partial charge in [0.2, 0.25) is 4.87 Å². The highest BCUT2D eigenvalue weighted by Crippen LogP contribution is 2.58. The second kappa shape index (κ2) is 7.53. The van der Waals surface area contributed by atoms with Crippen LogP contribution in [0, 0.1) is 5.82 Å². The van der Waals surface area contributed by atoms with Gasteiger partial charge in [-0.1, -0.05) is 42.1 Å². The highest BCUT2D eigenvalue weighted by Gasteiger charge is 2.60. The predicted molar refractivity (Wildman–Crippen MR) is 127 cm³/mol. The topological polar surface area (TPSA) is 52.7 Å². The van der Waals surface area contributed by atoms with Gasteiger partial charge in [0.1, 0.15) is 5.82 Å². The highest BCUT2D eigenvalue weighted by atomic mass is 32.2. The molecule has 5 nitrogen and oxygen atoms in total. The van der Waals surface area contributed by atoms with Gasteiger partial charge in [0, 0.05) is 36.7 Å². The molecule has 32 heavy (non-hydrogen) atoms. The third kappa shape index (κ3) is 3.08. The van der Waals surface area contributed by atoms with Crippen LogP contribution in [0.25, 0.3) is 6.08 Å². The van der Waals surface area contributed by atoms with Gasteiger partial charge in [0.05, 0.1) is 4.91 Å². The molecule has 2 amide bonds. The fourth-order valence-electron chi connectivity index (χ4n) is 4.05. The van der Waals surface area contributed by atoms with Gasteiger partial charge >= 0.3 is 0 Å². The molecule has 0 radical (unpaired) electrons. The molecule has 1 spiro atoms. The first kappa shape index (κ1) is 20.3. The SMILES string of the molecule is CN(C)c1ccc(/C=C2/SC3(C(=O)Nc4ccc(F)cc43)N(c3ccccc3)C2=O)cc1. The van der Waals surface area contributed by atoms with Crippen LogP contribution >= 0.6 is 11.8 Å². The van der Waals surface area contributed by atoms with Crippen LogP contribution in [0.5, 0.6) is 0 Å². The van der Waals surface area contributed by atoms with Gasteiger partial charge in [-0.05, 0) is 54.1 Å². The molecule has 0 saturated carbocycles. The normalized spacial score (nSPS) is 20.7. The van der Waals surface area contributed by atoms with Crippen LogP contribution in [0.4, 0.5) is 21.5 Å². The summed E-state index contributed by atoms with van der Waals surface area (Å²) >= 11 is 1.14. The Labute approximate surface area is 189 Å². The molecule has 3 aromatic carbocycles. The number of para-hydroxylation sites is 1. The van der Waals surface area contributed by atoms with Crippen molar-refractivity contribution >= 4 is 46.7 Å². The van der Waals surface area contributed by atoms with Gasteiger partial charge < -0.3 is 10.2 Å². The average Bonchev–Trinajstić information content (AvgIpc) is 3.23. The number of anilines is 3. The van der Waals surface area contributed by atoms with Crippen LogP contribution in [-0.2, 0) is 14.5 Å². The zero-order chi connectivity index (χ0) is 22.5. The van der Waals surface area contributed by atoms with E-state index in [1.165, 1.54) is 23.1 Å². The van der Waals surface area contributed by atoms with Crippen molar-refractivity contribution in [1.29, 1.82) is 0 Å². The largest absolute Gasteiger partial charge is 0.378 e. The van der Waals surface area contributed by atoms with Crippen molar-refractivity contribution in [1.82, 2.24) is 0 Å². The summed E-state index contributed by atoms with van der Waals surface area (Å²) in [5, 5.41) is 2.83. The molecule has 1 N–H and O–H groups in total. The summed E-state index contributed by atoms with van der Waals surface area (Å²) in [5.41, 5.74) is 3.41. The molecule has 7 heteroatoms. The van der Waals surface area contributed by atoms with Gasteiger partial charge in [-0.25, -0.2) is 4.39 Å². The van der Waals surface area contributed by atoms with Crippen molar-refractivity contribution in [3.05, 3.63) is 94.6 Å². The zero-order valence-electron chi connectivity index (χ0n) is 17.5. The quantitative estimate of drug-likeness (QED) is 0.588. The van der Waals surface area contributed by atoms with Gasteiger partial charge in [0.15, 0.2) is 0 Å². The maximum Gasteiger partial charge on any atom is 0.266 e. The van der Waals surface area contributed by atoms with Crippen molar-refractivity contribution in [2.75, 3.05) is 29.2 Å². The molecular weight excluding hydrogens is 425 g/mol. The van der Waals surface area contributed by atoms with Crippen LogP contribution in [0.2, 0.25) is 0 Å². The maximum absolute atomic E-state index is 14.2. The predicted octanol–water partition coefficient (Wildman–Crippen LogP) is 4.82. The number of nitrogens with one attached hydrogen (secondary N) is 1. The average molecular weight is 446 g/mol. The fourth-order valence-corrected chi connectivity index (χ4v) is 5.44. The summed E-state index contributed by atoms with van der Waals surface area (Å²) in [6, 6.07) is 21.0. The Kier molecular flexibility index (Phi) is 4.78. The molecule has 0 bridgehead atoms. The number of amides is 2. The number of thioether (sulfide) groups is 1. The Morgan fingerprint density at radius 2 is 1.72 bits per heavy atom. The lowest BCUT2D eigenvalue weighted by Crippen LogP contribution is -2.47. The van der Waals surface area contributed by atoms with Crippen molar-refractivity contribution in [3.63, 3.8) is 0 Å². The third-order valence-electron chi connectivity index (χ3n) is 5.61. The third-order valence-corrected chi connectivity index (χ3v) is 7.01. The summed E-state index contributed by atoms with van der Waals surface area (Å²) in [5.74, 6) is -1.13. The second-order valence-electron chi connectivity index (χ2n) is 7.86. The molecule has 2 aliphatic rings. The van der Waals surface area contributed by atoms with Crippen molar-refractivity contribution in [2.24, 2.45) is 0 Å². The molecule has 2 aliphatic heterocycles. The summed E-state index contributed by atoms with van der Waals surface area (Å²) in [4.78, 5) is 29.4. The Morgan fingerprint density at radius 1 is 1.00 bits per heavy atom. The lowest BCUT2D eigenvalue weighted by atomic mass is 10.0. The molecular formula is C25H20FN3O2S. The second-order valence-corrected chi connectivity index (χ2v) is 9.10. The molecule has 0 aromatic heterocycles. The van der Waals surface area contributed by atoms with Crippen LogP contribution in [0.3, 0.4) is 0 Å². The molecule has 1 fully saturated rings. The number of hydrogen-bond acceptors (Lipinski definition) is 4. The van der Waals surface area contributed by atoms with E-state index in [1.807, 2.05) is 61.5 Å². The lowest BCUT2D eigenvalue weighted by Gasteiger charge is -2.31. The molecule has 1 unspecified atom stereocenters. The summed E-state index contributed by atoms with van der Waals surface area (Å²) < 4.78 is 14.2. The van der Waals surface area contributed by atoms with E-state index in [9.17, 15) is 14.0 Å². The van der Waals surface area contributed by atoms with Gasteiger partial charge in [-0.3, -0.25) is 14.5 Å². The van der Waals surface area contributed by atoms with Crippen molar-refractivity contribution in [2.45, 2.75) is 4.87 Å². The minimum absolute atomic E-state index is 0.301. The maximum atomic E-state index is 14.2. The van der Waals surface area contributed by atoms with Crippen LogP contribution in [0.15, 0.2) is 77.7 Å². The Hall–Kier alpha value is -3.58. The molecule has 5 rings (SSSR count). The van der Waals surface area contributed by atoms with E-state index in [2.05, 4.69) is 5.32 Å². The van der Waals surface area contributed by atoms with E-state index in [0.717, 1.165) is 23.0 Å². The van der Waals surface area contributed by atoms with E-state index >= 15 is 0 Å². The molecule has 0 aliphatic carbocycles. The first-order chi connectivity index (χ1) is 15.4. The fraction of sp³-hybridized carbons (Fsp3) is 0.120. The van der Waals surface area contributed by atoms with Crippen LogP contribution in [0.1, 0.15) is 11.1 Å². The Morgan fingerprint density at radius 3 is 2.41 bits per heavy atom. The van der Waals surface area contributed by atoms with E-state index in [4.69, 9.17) is 0 Å². The van der Waals surface area contributed by atoms with Gasteiger partial charge in [-0.15, -0.1) is 0 Å². The van der Waals surface area contributed by atoms with Crippen molar-refractivity contribution in [3.8, 4) is 0 Å². The van der Waals surface area contributed by atoms with Gasteiger partial charge in [-0.2, -0.15) is 0 Å². The monoisotopic (exact) mass is 445 g/mol. The summed E-state index contributed by atoms with van der Waals surface area (Å²) in [6.07, 6.45) is 1.78. The van der Waals surface area contributed by atoms with E-state index < -0.39 is 10.7 Å².